The summed E-state index contributed by atoms with van der Waals surface area (Å²) in [5, 5.41) is 1.18. The molecular weight excluding hydrogens is 488 g/mol. The van der Waals surface area contributed by atoms with E-state index >= 15 is 0 Å². The topological polar surface area (TPSA) is 54.5 Å². The lowest BCUT2D eigenvalue weighted by molar-refractivity contribution is -0.116. The predicted molar refractivity (Wildman–Crippen MR) is 122 cm³/mol. The summed E-state index contributed by atoms with van der Waals surface area (Å²) in [6.07, 6.45) is 0.980. The van der Waals surface area contributed by atoms with E-state index in [1.165, 1.54) is 4.90 Å². The van der Waals surface area contributed by atoms with E-state index in [1.54, 1.807) is 30.3 Å². The van der Waals surface area contributed by atoms with Crippen LogP contribution in [0.4, 0.5) is 5.69 Å². The molecule has 0 aliphatic carbocycles. The number of thioether (sulfide) groups is 1. The van der Waals surface area contributed by atoms with Gasteiger partial charge in [-0.2, -0.15) is 0 Å². The van der Waals surface area contributed by atoms with Crippen LogP contribution in [0, 0.1) is 0 Å². The fourth-order valence-corrected chi connectivity index (χ4v) is 5.07. The van der Waals surface area contributed by atoms with Crippen LogP contribution in [0.15, 0.2) is 35.2 Å². The molecule has 0 spiro atoms. The molecule has 2 aromatic carbocycles. The lowest BCUT2D eigenvalue weighted by atomic mass is 10.0. The SMILES string of the molecule is O=C1CCCC(=O)/C(=C2/C(=O)N(Cc3ccc(Cl)c(Cl)c3)c3cc(Cl)c(Cl)cc32)S1. The molecule has 0 N–H and O–H groups in total. The Kier molecular flexibility index (Phi) is 6.20. The summed E-state index contributed by atoms with van der Waals surface area (Å²) in [5.41, 5.74) is 1.94. The van der Waals surface area contributed by atoms with Crippen LogP contribution >= 0.6 is 58.2 Å². The van der Waals surface area contributed by atoms with Gasteiger partial charge in [0.05, 0.1) is 42.8 Å². The highest BCUT2D eigenvalue weighted by Crippen LogP contribution is 2.46. The molecule has 2 aliphatic heterocycles. The molecule has 0 unspecified atom stereocenters. The fourth-order valence-electron chi connectivity index (χ4n) is 3.44. The molecule has 0 atom stereocenters. The molecule has 0 radical (unpaired) electrons. The van der Waals surface area contributed by atoms with Crippen LogP contribution in [0.2, 0.25) is 20.1 Å². The number of benzene rings is 2. The molecule has 0 aromatic heterocycles. The van der Waals surface area contributed by atoms with Gasteiger partial charge in [0.1, 0.15) is 0 Å². The third-order valence-corrected chi connectivity index (χ3v) is 7.39. The highest BCUT2D eigenvalue weighted by Gasteiger charge is 2.38. The second kappa shape index (κ2) is 8.56. The maximum atomic E-state index is 13.5. The number of ketones is 1. The zero-order chi connectivity index (χ0) is 21.6. The molecule has 1 fully saturated rings. The van der Waals surface area contributed by atoms with E-state index in [-0.39, 0.29) is 50.3 Å². The Balaban J connectivity index is 1.86. The van der Waals surface area contributed by atoms with Crippen molar-refractivity contribution in [1.29, 1.82) is 0 Å². The average Bonchev–Trinajstić information content (AvgIpc) is 2.82. The van der Waals surface area contributed by atoms with Crippen LogP contribution < -0.4 is 4.90 Å². The molecule has 2 heterocycles. The number of Topliss-reactive ketones (excluding diaryl/α,β-unsaturated/α-hetero) is 1. The Bertz CT molecular complexity index is 1150. The molecule has 0 bridgehead atoms. The molecular formula is C21H13Cl4NO3S. The highest BCUT2D eigenvalue weighted by molar-refractivity contribution is 8.17. The lowest BCUT2D eigenvalue weighted by Crippen LogP contribution is -2.26. The van der Waals surface area contributed by atoms with Crippen molar-refractivity contribution in [3.8, 4) is 0 Å². The number of halogens is 4. The Labute approximate surface area is 197 Å². The quantitative estimate of drug-likeness (QED) is 0.437. The van der Waals surface area contributed by atoms with Crippen molar-refractivity contribution in [2.45, 2.75) is 25.8 Å². The van der Waals surface area contributed by atoms with Crippen LogP contribution in [0.3, 0.4) is 0 Å². The summed E-state index contributed by atoms with van der Waals surface area (Å²) in [6.45, 7) is 0.185. The summed E-state index contributed by atoms with van der Waals surface area (Å²) in [7, 11) is 0. The maximum absolute atomic E-state index is 13.5. The number of rotatable bonds is 2. The number of nitrogens with zero attached hydrogens (tertiary/aromatic N) is 1. The number of hydrogen-bond donors (Lipinski definition) is 0. The zero-order valence-electron chi connectivity index (χ0n) is 15.3. The van der Waals surface area contributed by atoms with Gasteiger partial charge in [-0.15, -0.1) is 0 Å². The average molecular weight is 501 g/mol. The Morgan fingerprint density at radius 1 is 0.867 bits per heavy atom. The standard InChI is InChI=1S/C21H13Cl4NO3S/c22-12-5-4-10(6-13(12)23)9-26-16-8-15(25)14(24)7-11(16)19(21(26)29)20-17(27)2-1-3-18(28)30-20/h4-8H,1-3,9H2/b20-19-. The van der Waals surface area contributed by atoms with E-state index in [0.717, 1.165) is 17.3 Å². The lowest BCUT2D eigenvalue weighted by Gasteiger charge is -2.18. The van der Waals surface area contributed by atoms with Gasteiger partial charge in [-0.05, 0) is 48.0 Å². The summed E-state index contributed by atoms with van der Waals surface area (Å²) < 4.78 is 0. The van der Waals surface area contributed by atoms with E-state index in [1.807, 2.05) is 0 Å². The molecule has 2 aliphatic rings. The van der Waals surface area contributed by atoms with E-state index < -0.39 is 0 Å². The second-order valence-corrected chi connectivity index (χ2v) is 9.57. The first-order valence-corrected chi connectivity index (χ1v) is 11.3. The maximum Gasteiger partial charge on any atom is 0.260 e. The smallest absolute Gasteiger partial charge is 0.260 e. The van der Waals surface area contributed by atoms with Crippen molar-refractivity contribution < 1.29 is 14.4 Å². The Morgan fingerprint density at radius 2 is 1.57 bits per heavy atom. The first-order chi connectivity index (χ1) is 14.3. The minimum Gasteiger partial charge on any atom is -0.303 e. The van der Waals surface area contributed by atoms with Crippen LogP contribution in [-0.4, -0.2) is 16.8 Å². The molecule has 154 valence electrons. The first-order valence-electron chi connectivity index (χ1n) is 8.99. The zero-order valence-corrected chi connectivity index (χ0v) is 19.1. The third kappa shape index (κ3) is 4.02. The molecule has 1 amide bonds. The van der Waals surface area contributed by atoms with E-state index in [9.17, 15) is 14.4 Å². The molecule has 4 rings (SSSR count). The highest BCUT2D eigenvalue weighted by atomic mass is 35.5. The van der Waals surface area contributed by atoms with Gasteiger partial charge in [0, 0.05) is 18.4 Å². The summed E-state index contributed by atoms with van der Waals surface area (Å²) in [6, 6.07) is 8.25. The normalized spacial score (nSPS) is 19.3. The molecule has 0 saturated carbocycles. The van der Waals surface area contributed by atoms with Gasteiger partial charge < -0.3 is 4.90 Å². The predicted octanol–water partition coefficient (Wildman–Crippen LogP) is 6.57. The van der Waals surface area contributed by atoms with E-state index in [0.29, 0.717) is 34.1 Å². The number of anilines is 1. The molecule has 9 heteroatoms. The van der Waals surface area contributed by atoms with Crippen molar-refractivity contribution >= 4 is 86.2 Å². The molecule has 2 aromatic rings. The van der Waals surface area contributed by atoms with Crippen molar-refractivity contribution in [1.82, 2.24) is 0 Å². The Morgan fingerprint density at radius 3 is 2.30 bits per heavy atom. The number of carbonyl (C=O) groups is 3. The number of carbonyl (C=O) groups excluding carboxylic acids is 3. The number of fused-ring (bicyclic) bond motifs is 1. The van der Waals surface area contributed by atoms with Gasteiger partial charge in [0.25, 0.3) is 5.91 Å². The van der Waals surface area contributed by atoms with Gasteiger partial charge in [0.15, 0.2) is 10.9 Å². The molecule has 4 nitrogen and oxygen atoms in total. The summed E-state index contributed by atoms with van der Waals surface area (Å²) >= 11 is 25.4. The minimum atomic E-state index is -0.389. The minimum absolute atomic E-state index is 0.138. The largest absolute Gasteiger partial charge is 0.303 e. The van der Waals surface area contributed by atoms with Gasteiger partial charge in [-0.3, -0.25) is 14.4 Å². The first kappa shape index (κ1) is 21.7. The Hall–Kier alpha value is -1.50. The molecule has 1 saturated heterocycles. The number of allylic oxidation sites excluding steroid dienone is 1. The van der Waals surface area contributed by atoms with Gasteiger partial charge in [0.2, 0.25) is 0 Å². The van der Waals surface area contributed by atoms with Crippen LogP contribution in [-0.2, 0) is 20.9 Å². The van der Waals surface area contributed by atoms with E-state index in [4.69, 9.17) is 46.4 Å². The van der Waals surface area contributed by atoms with Gasteiger partial charge in [-0.25, -0.2) is 0 Å². The van der Waals surface area contributed by atoms with E-state index in [2.05, 4.69) is 0 Å². The van der Waals surface area contributed by atoms with Crippen molar-refractivity contribution in [3.05, 3.63) is 66.5 Å². The fraction of sp³-hybridized carbons (Fsp3) is 0.190. The third-order valence-electron chi connectivity index (χ3n) is 4.86. The van der Waals surface area contributed by atoms with Crippen molar-refractivity contribution in [2.24, 2.45) is 0 Å². The van der Waals surface area contributed by atoms with Crippen LogP contribution in [0.25, 0.3) is 5.57 Å². The number of hydrogen-bond acceptors (Lipinski definition) is 4. The monoisotopic (exact) mass is 499 g/mol. The van der Waals surface area contributed by atoms with Crippen molar-refractivity contribution in [2.75, 3.05) is 4.90 Å². The van der Waals surface area contributed by atoms with Crippen LogP contribution in [0.1, 0.15) is 30.4 Å². The van der Waals surface area contributed by atoms with Gasteiger partial charge >= 0.3 is 0 Å². The van der Waals surface area contributed by atoms with Gasteiger partial charge in [-0.1, -0.05) is 52.5 Å². The summed E-state index contributed by atoms with van der Waals surface area (Å²) in [5.74, 6) is -0.609. The number of amides is 1. The van der Waals surface area contributed by atoms with Crippen LogP contribution in [0.5, 0.6) is 0 Å². The molecule has 30 heavy (non-hydrogen) atoms. The second-order valence-electron chi connectivity index (χ2n) is 6.88. The summed E-state index contributed by atoms with van der Waals surface area (Å²) in [4.78, 5) is 40.0. The van der Waals surface area contributed by atoms with Crippen molar-refractivity contribution in [3.63, 3.8) is 0 Å².